The van der Waals surface area contributed by atoms with Gasteiger partial charge >= 0.3 is 0 Å². The van der Waals surface area contributed by atoms with E-state index in [-0.39, 0.29) is 0 Å². The number of hydrogen-bond acceptors (Lipinski definition) is 3. The van der Waals surface area contributed by atoms with Gasteiger partial charge in [0.15, 0.2) is 5.15 Å². The molecule has 0 radical (unpaired) electrons. The lowest BCUT2D eigenvalue weighted by Gasteiger charge is -2.12. The average Bonchev–Trinajstić information content (AvgIpc) is 2.38. The summed E-state index contributed by atoms with van der Waals surface area (Å²) in [7, 11) is 0. The van der Waals surface area contributed by atoms with Gasteiger partial charge in [0.25, 0.3) is 0 Å². The first-order valence-electron chi connectivity index (χ1n) is 5.75. The van der Waals surface area contributed by atoms with E-state index in [1.165, 1.54) is 0 Å². The number of aromatic nitrogens is 1. The van der Waals surface area contributed by atoms with Gasteiger partial charge in [-0.15, -0.1) is 12.3 Å². The molecule has 4 heteroatoms. The third-order valence-corrected chi connectivity index (χ3v) is 2.97. The molecule has 0 aliphatic rings. The fraction of sp³-hybridized carbons (Fsp3) is 0.214. The van der Waals surface area contributed by atoms with Crippen LogP contribution in [0, 0.1) is 12.3 Å². The number of rotatable bonds is 4. The molecule has 2 rings (SSSR count). The molecule has 18 heavy (non-hydrogen) atoms. The highest BCUT2D eigenvalue weighted by atomic mass is 35.5. The number of anilines is 2. The standard InChI is InChI=1S/C14H14ClN3/c1-2-3-6-9-17-13-10-7-4-5-8-11(10)18-14(15)12(13)16/h1,4-5,7-8H,3,6,9,16H2,(H,17,18). The van der Waals surface area contributed by atoms with E-state index in [4.69, 9.17) is 23.8 Å². The predicted octanol–water partition coefficient (Wildman–Crippen LogP) is 3.30. The summed E-state index contributed by atoms with van der Waals surface area (Å²) in [6, 6.07) is 7.75. The number of nitrogen functional groups attached to an aromatic ring is 1. The maximum Gasteiger partial charge on any atom is 0.154 e. The first kappa shape index (κ1) is 12.5. The van der Waals surface area contributed by atoms with Gasteiger partial charge in [-0.25, -0.2) is 4.98 Å². The first-order valence-corrected chi connectivity index (χ1v) is 6.13. The number of pyridine rings is 1. The zero-order valence-electron chi connectivity index (χ0n) is 9.91. The van der Waals surface area contributed by atoms with Gasteiger partial charge in [0.1, 0.15) is 0 Å². The SMILES string of the molecule is C#CCCCNc1c(N)c(Cl)nc2ccccc12. The van der Waals surface area contributed by atoms with E-state index in [2.05, 4.69) is 16.2 Å². The molecule has 92 valence electrons. The van der Waals surface area contributed by atoms with Crippen LogP contribution in [0.5, 0.6) is 0 Å². The molecule has 1 aromatic carbocycles. The molecule has 3 nitrogen and oxygen atoms in total. The zero-order chi connectivity index (χ0) is 13.0. The number of terminal acetylenes is 1. The van der Waals surface area contributed by atoms with Crippen molar-refractivity contribution in [3.63, 3.8) is 0 Å². The van der Waals surface area contributed by atoms with Crippen LogP contribution in [-0.4, -0.2) is 11.5 Å². The fourth-order valence-corrected chi connectivity index (χ4v) is 1.98. The zero-order valence-corrected chi connectivity index (χ0v) is 10.7. The lowest BCUT2D eigenvalue weighted by atomic mass is 10.1. The van der Waals surface area contributed by atoms with Crippen LogP contribution in [0.2, 0.25) is 5.15 Å². The molecule has 0 atom stereocenters. The van der Waals surface area contributed by atoms with Crippen LogP contribution in [-0.2, 0) is 0 Å². The Morgan fingerprint density at radius 1 is 1.39 bits per heavy atom. The number of hydrogen-bond donors (Lipinski definition) is 2. The summed E-state index contributed by atoms with van der Waals surface area (Å²) in [6.07, 6.45) is 6.85. The Morgan fingerprint density at radius 2 is 2.17 bits per heavy atom. The molecule has 0 saturated carbocycles. The van der Waals surface area contributed by atoms with E-state index in [1.54, 1.807) is 0 Å². The van der Waals surface area contributed by atoms with Crippen LogP contribution in [0.15, 0.2) is 24.3 Å². The van der Waals surface area contributed by atoms with E-state index in [0.717, 1.165) is 36.0 Å². The maximum absolute atomic E-state index is 6.02. The summed E-state index contributed by atoms with van der Waals surface area (Å²) in [4.78, 5) is 4.25. The second-order valence-electron chi connectivity index (χ2n) is 3.94. The monoisotopic (exact) mass is 259 g/mol. The van der Waals surface area contributed by atoms with Gasteiger partial charge in [-0.2, -0.15) is 0 Å². The van der Waals surface area contributed by atoms with Crippen LogP contribution >= 0.6 is 11.6 Å². The number of para-hydroxylation sites is 1. The molecule has 0 amide bonds. The molecule has 0 saturated heterocycles. The van der Waals surface area contributed by atoms with E-state index in [9.17, 15) is 0 Å². The summed E-state index contributed by atoms with van der Waals surface area (Å²) in [5.41, 5.74) is 8.11. The summed E-state index contributed by atoms with van der Waals surface area (Å²) in [6.45, 7) is 0.763. The minimum Gasteiger partial charge on any atom is -0.395 e. The number of nitrogens with one attached hydrogen (secondary N) is 1. The van der Waals surface area contributed by atoms with Crippen LogP contribution in [0.1, 0.15) is 12.8 Å². The Hall–Kier alpha value is -1.92. The van der Waals surface area contributed by atoms with Crippen LogP contribution in [0.25, 0.3) is 10.9 Å². The number of unbranched alkanes of at least 4 members (excludes halogenated alkanes) is 1. The summed E-state index contributed by atoms with van der Waals surface area (Å²) < 4.78 is 0. The molecular formula is C14H14ClN3. The van der Waals surface area contributed by atoms with Crippen LogP contribution in [0.4, 0.5) is 11.4 Å². The van der Waals surface area contributed by atoms with Crippen molar-refractivity contribution in [2.24, 2.45) is 0 Å². The first-order chi connectivity index (χ1) is 8.74. The van der Waals surface area contributed by atoms with Crippen molar-refractivity contribution in [2.45, 2.75) is 12.8 Å². The second kappa shape index (κ2) is 5.61. The highest BCUT2D eigenvalue weighted by molar-refractivity contribution is 6.33. The van der Waals surface area contributed by atoms with E-state index in [1.807, 2.05) is 24.3 Å². The quantitative estimate of drug-likeness (QED) is 0.503. The molecule has 1 aromatic heterocycles. The van der Waals surface area contributed by atoms with Gasteiger partial charge in [-0.1, -0.05) is 29.8 Å². The van der Waals surface area contributed by atoms with Gasteiger partial charge in [0, 0.05) is 18.4 Å². The molecule has 0 aliphatic heterocycles. The van der Waals surface area contributed by atoms with Crippen molar-refractivity contribution in [2.75, 3.05) is 17.6 Å². The largest absolute Gasteiger partial charge is 0.395 e. The molecule has 0 bridgehead atoms. The Balaban J connectivity index is 2.35. The molecule has 2 aromatic rings. The molecule has 0 unspecified atom stereocenters. The summed E-state index contributed by atoms with van der Waals surface area (Å²) >= 11 is 6.02. The number of benzene rings is 1. The number of nitrogens with two attached hydrogens (primary N) is 1. The fourth-order valence-electron chi connectivity index (χ4n) is 1.79. The lowest BCUT2D eigenvalue weighted by molar-refractivity contribution is 0.908. The van der Waals surface area contributed by atoms with Gasteiger partial charge < -0.3 is 11.1 Å². The molecule has 0 fully saturated rings. The summed E-state index contributed by atoms with van der Waals surface area (Å²) in [5.74, 6) is 2.61. The van der Waals surface area contributed by atoms with Crippen LogP contribution < -0.4 is 11.1 Å². The van der Waals surface area contributed by atoms with Crippen molar-refractivity contribution in [1.82, 2.24) is 4.98 Å². The van der Waals surface area contributed by atoms with Crippen molar-refractivity contribution in [1.29, 1.82) is 0 Å². The van der Waals surface area contributed by atoms with E-state index < -0.39 is 0 Å². The van der Waals surface area contributed by atoms with E-state index in [0.29, 0.717) is 10.8 Å². The number of fused-ring (bicyclic) bond motifs is 1. The Kier molecular flexibility index (Phi) is 3.91. The van der Waals surface area contributed by atoms with Gasteiger partial charge in [0.05, 0.1) is 16.9 Å². The third-order valence-electron chi connectivity index (χ3n) is 2.68. The average molecular weight is 260 g/mol. The normalized spacial score (nSPS) is 10.2. The number of halogens is 1. The number of nitrogens with zero attached hydrogens (tertiary/aromatic N) is 1. The van der Waals surface area contributed by atoms with E-state index >= 15 is 0 Å². The smallest absolute Gasteiger partial charge is 0.154 e. The van der Waals surface area contributed by atoms with Crippen molar-refractivity contribution >= 4 is 33.9 Å². The highest BCUT2D eigenvalue weighted by Crippen LogP contribution is 2.33. The Morgan fingerprint density at radius 3 is 2.94 bits per heavy atom. The lowest BCUT2D eigenvalue weighted by Crippen LogP contribution is -2.06. The highest BCUT2D eigenvalue weighted by Gasteiger charge is 2.10. The molecular weight excluding hydrogens is 246 g/mol. The topological polar surface area (TPSA) is 50.9 Å². The summed E-state index contributed by atoms with van der Waals surface area (Å²) in [5, 5.41) is 4.59. The van der Waals surface area contributed by atoms with Gasteiger partial charge in [0.2, 0.25) is 0 Å². The minimum absolute atomic E-state index is 0.327. The Labute approximate surface area is 111 Å². The van der Waals surface area contributed by atoms with Crippen molar-refractivity contribution in [3.05, 3.63) is 29.4 Å². The van der Waals surface area contributed by atoms with Crippen molar-refractivity contribution < 1.29 is 0 Å². The minimum atomic E-state index is 0.327. The predicted molar refractivity (Wildman–Crippen MR) is 77.7 cm³/mol. The molecule has 0 aliphatic carbocycles. The van der Waals surface area contributed by atoms with Gasteiger partial charge in [-0.05, 0) is 12.5 Å². The van der Waals surface area contributed by atoms with Crippen molar-refractivity contribution in [3.8, 4) is 12.3 Å². The second-order valence-corrected chi connectivity index (χ2v) is 4.30. The maximum atomic E-state index is 6.02. The molecule has 3 N–H and O–H groups in total. The third kappa shape index (κ3) is 2.49. The van der Waals surface area contributed by atoms with Crippen LogP contribution in [0.3, 0.4) is 0 Å². The van der Waals surface area contributed by atoms with Gasteiger partial charge in [-0.3, -0.25) is 0 Å². The molecule has 1 heterocycles. The molecule has 0 spiro atoms. The Bertz CT molecular complexity index is 602.